The molecular formula is C26H23NO5. The number of para-hydroxylation sites is 1. The first-order valence-corrected chi connectivity index (χ1v) is 10.1. The highest BCUT2D eigenvalue weighted by Gasteiger charge is 2.47. The lowest BCUT2D eigenvalue weighted by Crippen LogP contribution is -2.30. The van der Waals surface area contributed by atoms with Gasteiger partial charge in [0.15, 0.2) is 11.5 Å². The molecule has 1 heterocycles. The molecule has 3 aromatic carbocycles. The third-order valence-corrected chi connectivity index (χ3v) is 5.59. The minimum Gasteiger partial charge on any atom is -0.507 e. The molecule has 1 aliphatic heterocycles. The lowest BCUT2D eigenvalue weighted by Gasteiger charge is -2.27. The number of carbonyl (C=O) groups excluding carboxylic acids is 2. The van der Waals surface area contributed by atoms with E-state index in [-0.39, 0.29) is 11.3 Å². The summed E-state index contributed by atoms with van der Waals surface area (Å²) < 4.78 is 10.8. The second-order valence-corrected chi connectivity index (χ2v) is 7.44. The fourth-order valence-electron chi connectivity index (χ4n) is 4.00. The average molecular weight is 429 g/mol. The van der Waals surface area contributed by atoms with E-state index >= 15 is 0 Å². The van der Waals surface area contributed by atoms with Crippen LogP contribution in [0.1, 0.15) is 22.7 Å². The van der Waals surface area contributed by atoms with E-state index in [2.05, 4.69) is 0 Å². The summed E-state index contributed by atoms with van der Waals surface area (Å²) in [5, 5.41) is 11.1. The van der Waals surface area contributed by atoms with Gasteiger partial charge in [-0.25, -0.2) is 0 Å². The molecule has 0 saturated carbocycles. The highest BCUT2D eigenvalue weighted by molar-refractivity contribution is 6.51. The molecule has 1 N–H and O–H groups in total. The topological polar surface area (TPSA) is 76.1 Å². The molecule has 1 amide bonds. The van der Waals surface area contributed by atoms with E-state index in [9.17, 15) is 14.7 Å². The molecule has 32 heavy (non-hydrogen) atoms. The molecular weight excluding hydrogens is 406 g/mol. The van der Waals surface area contributed by atoms with Gasteiger partial charge in [0.2, 0.25) is 0 Å². The molecule has 4 rings (SSSR count). The SMILES string of the molecule is COc1ccc([C@H]2C(=C(O)c3ccccc3)C(=O)C(=O)N2c2ccccc2C)cc1OC. The third-order valence-electron chi connectivity index (χ3n) is 5.59. The first-order valence-electron chi connectivity index (χ1n) is 10.1. The monoisotopic (exact) mass is 429 g/mol. The maximum Gasteiger partial charge on any atom is 0.300 e. The zero-order valence-corrected chi connectivity index (χ0v) is 18.0. The minimum absolute atomic E-state index is 0.0247. The van der Waals surface area contributed by atoms with E-state index < -0.39 is 17.7 Å². The molecule has 162 valence electrons. The van der Waals surface area contributed by atoms with E-state index in [1.54, 1.807) is 48.5 Å². The summed E-state index contributed by atoms with van der Waals surface area (Å²) in [5.74, 6) is -0.682. The summed E-state index contributed by atoms with van der Waals surface area (Å²) in [6.45, 7) is 1.87. The van der Waals surface area contributed by atoms with E-state index in [4.69, 9.17) is 9.47 Å². The number of nitrogens with zero attached hydrogens (tertiary/aromatic N) is 1. The lowest BCUT2D eigenvalue weighted by molar-refractivity contribution is -0.132. The van der Waals surface area contributed by atoms with Crippen molar-refractivity contribution in [1.29, 1.82) is 0 Å². The van der Waals surface area contributed by atoms with Crippen molar-refractivity contribution in [3.8, 4) is 11.5 Å². The Morgan fingerprint density at radius 2 is 1.53 bits per heavy atom. The number of aliphatic hydroxyl groups excluding tert-OH is 1. The summed E-state index contributed by atoms with van der Waals surface area (Å²) in [4.78, 5) is 27.9. The number of anilines is 1. The zero-order valence-electron chi connectivity index (χ0n) is 18.0. The molecule has 0 spiro atoms. The normalized spacial score (nSPS) is 17.5. The van der Waals surface area contributed by atoms with Crippen LogP contribution in [-0.4, -0.2) is 31.0 Å². The second kappa shape index (κ2) is 8.59. The smallest absolute Gasteiger partial charge is 0.300 e. The first kappa shape index (κ1) is 21.2. The first-order chi connectivity index (χ1) is 15.5. The van der Waals surface area contributed by atoms with Crippen molar-refractivity contribution < 1.29 is 24.2 Å². The number of amides is 1. The van der Waals surface area contributed by atoms with E-state index in [0.29, 0.717) is 28.3 Å². The van der Waals surface area contributed by atoms with Crippen LogP contribution in [0.4, 0.5) is 5.69 Å². The number of aliphatic hydroxyl groups is 1. The standard InChI is InChI=1S/C26H23NO5/c1-16-9-7-8-12-19(16)27-23(18-13-14-20(31-2)21(15-18)32-3)22(25(29)26(27)30)24(28)17-10-5-4-6-11-17/h4-15,23,28H,1-3H3/t23-/m0/s1. The largest absolute Gasteiger partial charge is 0.507 e. The van der Waals surface area contributed by atoms with Crippen LogP contribution < -0.4 is 14.4 Å². The van der Waals surface area contributed by atoms with Gasteiger partial charge in [0.1, 0.15) is 5.76 Å². The van der Waals surface area contributed by atoms with Gasteiger partial charge in [-0.15, -0.1) is 0 Å². The number of ketones is 1. The summed E-state index contributed by atoms with van der Waals surface area (Å²) in [5.41, 5.74) is 2.53. The molecule has 0 aromatic heterocycles. The van der Waals surface area contributed by atoms with Crippen LogP contribution in [0.2, 0.25) is 0 Å². The van der Waals surface area contributed by atoms with Gasteiger partial charge >= 0.3 is 0 Å². The maximum absolute atomic E-state index is 13.2. The fraction of sp³-hybridized carbons (Fsp3) is 0.154. The maximum atomic E-state index is 13.2. The van der Waals surface area contributed by atoms with Crippen molar-refractivity contribution in [3.05, 3.63) is 95.1 Å². The lowest BCUT2D eigenvalue weighted by atomic mass is 9.94. The van der Waals surface area contributed by atoms with Crippen molar-refractivity contribution in [2.45, 2.75) is 13.0 Å². The van der Waals surface area contributed by atoms with Crippen molar-refractivity contribution >= 4 is 23.1 Å². The van der Waals surface area contributed by atoms with E-state index in [1.165, 1.54) is 19.1 Å². The van der Waals surface area contributed by atoms with Crippen molar-refractivity contribution in [1.82, 2.24) is 0 Å². The van der Waals surface area contributed by atoms with Crippen LogP contribution >= 0.6 is 0 Å². The number of hydrogen-bond donors (Lipinski definition) is 1. The molecule has 0 aliphatic carbocycles. The Kier molecular flexibility index (Phi) is 5.69. The van der Waals surface area contributed by atoms with Crippen LogP contribution in [0, 0.1) is 6.92 Å². The summed E-state index contributed by atoms with van der Waals surface area (Å²) >= 11 is 0. The van der Waals surface area contributed by atoms with E-state index in [1.807, 2.05) is 31.2 Å². The fourth-order valence-corrected chi connectivity index (χ4v) is 4.00. The number of ether oxygens (including phenoxy) is 2. The van der Waals surface area contributed by atoms with Crippen molar-refractivity contribution in [3.63, 3.8) is 0 Å². The Morgan fingerprint density at radius 3 is 2.19 bits per heavy atom. The summed E-state index contributed by atoms with van der Waals surface area (Å²) in [7, 11) is 3.05. The minimum atomic E-state index is -0.837. The van der Waals surface area contributed by atoms with Crippen molar-refractivity contribution in [2.24, 2.45) is 0 Å². The number of benzene rings is 3. The molecule has 6 heteroatoms. The Hall–Kier alpha value is -4.06. The molecule has 1 aliphatic rings. The predicted molar refractivity (Wildman–Crippen MR) is 122 cm³/mol. The molecule has 1 atom stereocenters. The predicted octanol–water partition coefficient (Wildman–Crippen LogP) is 4.64. The number of carbonyl (C=O) groups is 2. The zero-order chi connectivity index (χ0) is 22.8. The Morgan fingerprint density at radius 1 is 0.875 bits per heavy atom. The van der Waals surface area contributed by atoms with Gasteiger partial charge in [-0.1, -0.05) is 54.6 Å². The van der Waals surface area contributed by atoms with Gasteiger partial charge in [-0.05, 0) is 36.2 Å². The van der Waals surface area contributed by atoms with Crippen LogP contribution in [0.3, 0.4) is 0 Å². The van der Waals surface area contributed by atoms with Gasteiger partial charge in [0.05, 0.1) is 25.8 Å². The summed E-state index contributed by atoms with van der Waals surface area (Å²) in [6.07, 6.45) is 0. The van der Waals surface area contributed by atoms with Crippen LogP contribution in [0.15, 0.2) is 78.4 Å². The van der Waals surface area contributed by atoms with Crippen molar-refractivity contribution in [2.75, 3.05) is 19.1 Å². The van der Waals surface area contributed by atoms with Gasteiger partial charge in [-0.2, -0.15) is 0 Å². The number of methoxy groups -OCH3 is 2. The third kappa shape index (κ3) is 3.50. The highest BCUT2D eigenvalue weighted by atomic mass is 16.5. The van der Waals surface area contributed by atoms with Crippen LogP contribution in [0.5, 0.6) is 11.5 Å². The molecule has 0 unspecified atom stereocenters. The second-order valence-electron chi connectivity index (χ2n) is 7.44. The number of hydrogen-bond acceptors (Lipinski definition) is 5. The molecule has 1 fully saturated rings. The molecule has 6 nitrogen and oxygen atoms in total. The highest BCUT2D eigenvalue weighted by Crippen LogP contribution is 2.44. The van der Waals surface area contributed by atoms with Gasteiger partial charge in [-0.3, -0.25) is 14.5 Å². The average Bonchev–Trinajstić information content (AvgIpc) is 3.09. The number of aryl methyl sites for hydroxylation is 1. The molecule has 3 aromatic rings. The molecule has 1 saturated heterocycles. The van der Waals surface area contributed by atoms with Gasteiger partial charge in [0, 0.05) is 11.3 Å². The van der Waals surface area contributed by atoms with Crippen LogP contribution in [-0.2, 0) is 9.59 Å². The van der Waals surface area contributed by atoms with Gasteiger partial charge < -0.3 is 14.6 Å². The Labute approximate surface area is 186 Å². The summed E-state index contributed by atoms with van der Waals surface area (Å²) in [6, 6.07) is 20.4. The Bertz CT molecular complexity index is 1220. The molecule has 0 radical (unpaired) electrons. The number of rotatable bonds is 5. The Balaban J connectivity index is 1.99. The molecule has 0 bridgehead atoms. The van der Waals surface area contributed by atoms with Gasteiger partial charge in [0.25, 0.3) is 11.7 Å². The van der Waals surface area contributed by atoms with Crippen LogP contribution in [0.25, 0.3) is 5.76 Å². The number of Topliss-reactive ketones (excluding diaryl/α,β-unsaturated/α-hetero) is 1. The van der Waals surface area contributed by atoms with E-state index in [0.717, 1.165) is 5.56 Å². The quantitative estimate of drug-likeness (QED) is 0.363.